The highest BCUT2D eigenvalue weighted by Crippen LogP contribution is 2.28. The molecule has 1 aliphatic heterocycles. The van der Waals surface area contributed by atoms with Crippen LogP contribution in [0, 0.1) is 5.82 Å². The van der Waals surface area contributed by atoms with Crippen LogP contribution < -0.4 is 9.46 Å². The van der Waals surface area contributed by atoms with E-state index in [2.05, 4.69) is 4.72 Å². The SMILES string of the molecule is COCCC1CCC(NS(=O)(=O)c2ccc(OCc3ccc(F)cc3Cl)cc2)(C(=O)O)CO1. The van der Waals surface area contributed by atoms with Crippen molar-refractivity contribution in [3.63, 3.8) is 0 Å². The van der Waals surface area contributed by atoms with Crippen LogP contribution in [0.25, 0.3) is 0 Å². The Morgan fingerprint density at radius 1 is 1.30 bits per heavy atom. The summed E-state index contributed by atoms with van der Waals surface area (Å²) in [6.07, 6.45) is 0.892. The van der Waals surface area contributed by atoms with Crippen LogP contribution >= 0.6 is 11.6 Å². The first kappa shape index (κ1) is 25.4. The third-order valence-electron chi connectivity index (χ3n) is 5.39. The van der Waals surface area contributed by atoms with Gasteiger partial charge in [0.15, 0.2) is 5.54 Å². The van der Waals surface area contributed by atoms with Crippen LogP contribution in [0.1, 0.15) is 24.8 Å². The largest absolute Gasteiger partial charge is 0.489 e. The lowest BCUT2D eigenvalue weighted by Gasteiger charge is -2.37. The molecule has 0 saturated carbocycles. The van der Waals surface area contributed by atoms with Gasteiger partial charge in [0, 0.05) is 19.3 Å². The highest BCUT2D eigenvalue weighted by molar-refractivity contribution is 7.89. The van der Waals surface area contributed by atoms with Crippen LogP contribution in [-0.4, -0.2) is 51.5 Å². The zero-order valence-electron chi connectivity index (χ0n) is 17.9. The summed E-state index contributed by atoms with van der Waals surface area (Å²) in [5.74, 6) is -1.39. The number of ether oxygens (including phenoxy) is 3. The number of carboxylic acids is 1. The summed E-state index contributed by atoms with van der Waals surface area (Å²) in [4.78, 5) is 11.8. The molecule has 0 bridgehead atoms. The van der Waals surface area contributed by atoms with Crippen LogP contribution in [-0.2, 0) is 30.9 Å². The third-order valence-corrected chi connectivity index (χ3v) is 7.29. The number of hydrogen-bond acceptors (Lipinski definition) is 6. The normalized spacial score (nSPS) is 21.0. The average Bonchev–Trinajstić information content (AvgIpc) is 2.78. The summed E-state index contributed by atoms with van der Waals surface area (Å²) in [7, 11) is -2.58. The molecule has 33 heavy (non-hydrogen) atoms. The molecule has 1 aliphatic rings. The van der Waals surface area contributed by atoms with E-state index in [9.17, 15) is 22.7 Å². The minimum Gasteiger partial charge on any atom is -0.489 e. The van der Waals surface area contributed by atoms with E-state index in [0.717, 1.165) is 0 Å². The molecule has 1 fully saturated rings. The molecule has 2 unspecified atom stereocenters. The van der Waals surface area contributed by atoms with E-state index in [1.807, 2.05) is 0 Å². The van der Waals surface area contributed by atoms with Gasteiger partial charge in [-0.2, -0.15) is 4.72 Å². The van der Waals surface area contributed by atoms with E-state index in [-0.39, 0.29) is 35.7 Å². The van der Waals surface area contributed by atoms with E-state index in [1.165, 1.54) is 42.5 Å². The number of aliphatic carboxylic acids is 1. The topological polar surface area (TPSA) is 111 Å². The predicted molar refractivity (Wildman–Crippen MR) is 118 cm³/mol. The van der Waals surface area contributed by atoms with Gasteiger partial charge in [0.1, 0.15) is 18.2 Å². The lowest BCUT2D eigenvalue weighted by atomic mass is 9.90. The van der Waals surface area contributed by atoms with Crippen LogP contribution in [0.3, 0.4) is 0 Å². The number of methoxy groups -OCH3 is 1. The Morgan fingerprint density at radius 3 is 2.61 bits per heavy atom. The maximum absolute atomic E-state index is 13.1. The second kappa shape index (κ2) is 10.8. The van der Waals surface area contributed by atoms with Crippen LogP contribution in [0.5, 0.6) is 5.75 Å². The zero-order valence-corrected chi connectivity index (χ0v) is 19.5. The fourth-order valence-corrected chi connectivity index (χ4v) is 5.02. The van der Waals surface area contributed by atoms with Crippen molar-refractivity contribution < 1.29 is 36.9 Å². The molecule has 0 spiro atoms. The van der Waals surface area contributed by atoms with Gasteiger partial charge in [-0.25, -0.2) is 12.8 Å². The number of hydrogen-bond donors (Lipinski definition) is 2. The standard InChI is InChI=1S/C22H25ClFNO7S/c1-30-11-9-18-8-10-22(14-32-18,21(26)27)25-33(28,29)19-6-4-17(5-7-19)31-13-15-2-3-16(24)12-20(15)23/h2-7,12,18,25H,8-11,13-14H2,1H3,(H,26,27). The number of sulfonamides is 1. The highest BCUT2D eigenvalue weighted by Gasteiger charge is 2.46. The number of nitrogens with one attached hydrogen (secondary N) is 1. The van der Waals surface area contributed by atoms with E-state index in [0.29, 0.717) is 30.8 Å². The lowest BCUT2D eigenvalue weighted by molar-refractivity contribution is -0.152. The molecule has 2 aromatic carbocycles. The molecular weight excluding hydrogens is 477 g/mol. The van der Waals surface area contributed by atoms with Gasteiger partial charge in [0.05, 0.1) is 22.6 Å². The molecule has 0 amide bonds. The molecule has 2 aromatic rings. The molecule has 3 rings (SSSR count). The average molecular weight is 502 g/mol. The van der Waals surface area contributed by atoms with E-state index in [4.69, 9.17) is 25.8 Å². The minimum atomic E-state index is -4.15. The van der Waals surface area contributed by atoms with E-state index < -0.39 is 27.3 Å². The monoisotopic (exact) mass is 501 g/mol. The number of benzene rings is 2. The van der Waals surface area contributed by atoms with Crippen molar-refractivity contribution in [2.75, 3.05) is 20.3 Å². The Kier molecular flexibility index (Phi) is 8.30. The van der Waals surface area contributed by atoms with Crippen LogP contribution in [0.15, 0.2) is 47.4 Å². The maximum Gasteiger partial charge on any atom is 0.327 e. The first-order valence-corrected chi connectivity index (χ1v) is 12.1. The smallest absolute Gasteiger partial charge is 0.327 e. The summed E-state index contributed by atoms with van der Waals surface area (Å²) in [5, 5.41) is 9.96. The molecule has 0 radical (unpaired) electrons. The quantitative estimate of drug-likeness (QED) is 0.513. The highest BCUT2D eigenvalue weighted by atomic mass is 35.5. The Bertz CT molecular complexity index is 1070. The summed E-state index contributed by atoms with van der Waals surface area (Å²) in [6, 6.07) is 9.44. The van der Waals surface area contributed by atoms with E-state index in [1.54, 1.807) is 7.11 Å². The number of halogens is 2. The van der Waals surface area contributed by atoms with Crippen molar-refractivity contribution in [3.8, 4) is 5.75 Å². The van der Waals surface area contributed by atoms with Crippen molar-refractivity contribution in [2.24, 2.45) is 0 Å². The van der Waals surface area contributed by atoms with Gasteiger partial charge in [-0.3, -0.25) is 4.79 Å². The molecule has 1 saturated heterocycles. The third kappa shape index (κ3) is 6.42. The van der Waals surface area contributed by atoms with Crippen LogP contribution in [0.4, 0.5) is 4.39 Å². The molecule has 0 aliphatic carbocycles. The lowest BCUT2D eigenvalue weighted by Crippen LogP contribution is -2.60. The number of carbonyl (C=O) groups is 1. The number of carboxylic acid groups (broad SMARTS) is 1. The zero-order chi connectivity index (χ0) is 24.1. The fourth-order valence-electron chi connectivity index (χ4n) is 3.42. The van der Waals surface area contributed by atoms with Gasteiger partial charge in [-0.1, -0.05) is 17.7 Å². The predicted octanol–water partition coefficient (Wildman–Crippen LogP) is 3.38. The van der Waals surface area contributed by atoms with Gasteiger partial charge >= 0.3 is 5.97 Å². The second-order valence-electron chi connectivity index (χ2n) is 7.74. The van der Waals surface area contributed by atoms with Crippen molar-refractivity contribution in [1.29, 1.82) is 0 Å². The first-order valence-electron chi connectivity index (χ1n) is 10.2. The molecule has 2 atom stereocenters. The summed E-state index contributed by atoms with van der Waals surface area (Å²) in [5.41, 5.74) is -1.18. The molecule has 8 nitrogen and oxygen atoms in total. The Morgan fingerprint density at radius 2 is 2.03 bits per heavy atom. The Labute approximate surface area is 196 Å². The number of rotatable bonds is 10. The maximum atomic E-state index is 13.1. The molecule has 0 aromatic heterocycles. The fraction of sp³-hybridized carbons (Fsp3) is 0.409. The Hall–Kier alpha value is -2.24. The van der Waals surface area contributed by atoms with Gasteiger partial charge in [0.25, 0.3) is 0 Å². The molecule has 2 N–H and O–H groups in total. The first-order chi connectivity index (χ1) is 15.6. The molecule has 180 valence electrons. The van der Waals surface area contributed by atoms with Crippen LogP contribution in [0.2, 0.25) is 5.02 Å². The molecule has 1 heterocycles. The molecular formula is C22H25ClFNO7S. The van der Waals surface area contributed by atoms with Crippen molar-refractivity contribution in [1.82, 2.24) is 4.72 Å². The molecule has 11 heteroatoms. The van der Waals surface area contributed by atoms with Gasteiger partial charge in [0.2, 0.25) is 10.0 Å². The van der Waals surface area contributed by atoms with Gasteiger partial charge in [-0.05, 0) is 55.7 Å². The van der Waals surface area contributed by atoms with Gasteiger partial charge in [-0.15, -0.1) is 0 Å². The minimum absolute atomic E-state index is 0.0627. The second-order valence-corrected chi connectivity index (χ2v) is 9.83. The van der Waals surface area contributed by atoms with Crippen molar-refractivity contribution in [3.05, 3.63) is 58.9 Å². The summed E-state index contributed by atoms with van der Waals surface area (Å²) < 4.78 is 57.4. The van der Waals surface area contributed by atoms with Crippen molar-refractivity contribution in [2.45, 2.75) is 42.4 Å². The Balaban J connectivity index is 1.66. The van der Waals surface area contributed by atoms with Crippen molar-refractivity contribution >= 4 is 27.6 Å². The summed E-state index contributed by atoms with van der Waals surface area (Å²) >= 11 is 5.97. The van der Waals surface area contributed by atoms with Gasteiger partial charge < -0.3 is 19.3 Å². The summed E-state index contributed by atoms with van der Waals surface area (Å²) in [6.45, 7) is 0.251. The van der Waals surface area contributed by atoms with E-state index >= 15 is 0 Å².